The van der Waals surface area contributed by atoms with Gasteiger partial charge in [0.05, 0.1) is 19.3 Å². The van der Waals surface area contributed by atoms with E-state index in [1.54, 1.807) is 13.3 Å². The Hall–Kier alpha value is -0.620. The summed E-state index contributed by atoms with van der Waals surface area (Å²) in [6, 6.07) is 0. The van der Waals surface area contributed by atoms with E-state index in [0.29, 0.717) is 5.15 Å². The Labute approximate surface area is 126 Å². The van der Waals surface area contributed by atoms with Crippen molar-refractivity contribution in [1.29, 1.82) is 0 Å². The lowest BCUT2D eigenvalue weighted by atomic mass is 9.98. The highest BCUT2D eigenvalue weighted by atomic mass is 35.5. The minimum Gasteiger partial charge on any atom is -0.383 e. The molecule has 114 valence electrons. The molecule has 0 bridgehead atoms. The zero-order chi connectivity index (χ0) is 14.4. The summed E-state index contributed by atoms with van der Waals surface area (Å²) in [5.74, 6) is 1.76. The van der Waals surface area contributed by atoms with Gasteiger partial charge in [0.15, 0.2) is 0 Å². The molecule has 1 aliphatic rings. The van der Waals surface area contributed by atoms with Gasteiger partial charge in [0.25, 0.3) is 0 Å². The second kappa shape index (κ2) is 7.98. The lowest BCUT2D eigenvalue weighted by Gasteiger charge is -2.32. The van der Waals surface area contributed by atoms with E-state index in [2.05, 4.69) is 15.2 Å². The second-order valence-corrected chi connectivity index (χ2v) is 5.88. The van der Waals surface area contributed by atoms with Crippen molar-refractivity contribution in [1.82, 2.24) is 19.8 Å². The van der Waals surface area contributed by atoms with Crippen LogP contribution in [0.15, 0.2) is 6.20 Å². The first kappa shape index (κ1) is 15.8. The number of halogens is 1. The van der Waals surface area contributed by atoms with Crippen LogP contribution in [0.25, 0.3) is 0 Å². The lowest BCUT2D eigenvalue weighted by molar-refractivity contribution is 0.155. The van der Waals surface area contributed by atoms with E-state index in [9.17, 15) is 0 Å². The number of rotatable bonds is 7. The summed E-state index contributed by atoms with van der Waals surface area (Å²) in [4.78, 5) is 6.86. The lowest BCUT2D eigenvalue weighted by Crippen LogP contribution is -2.40. The minimum absolute atomic E-state index is 0.704. The summed E-state index contributed by atoms with van der Waals surface area (Å²) >= 11 is 6.03. The third kappa shape index (κ3) is 4.45. The van der Waals surface area contributed by atoms with Crippen LogP contribution in [0.2, 0.25) is 5.15 Å². The molecule has 6 heteroatoms. The van der Waals surface area contributed by atoms with Crippen molar-refractivity contribution >= 4 is 11.6 Å². The second-order valence-electron chi connectivity index (χ2n) is 5.50. The van der Waals surface area contributed by atoms with Crippen molar-refractivity contribution in [3.63, 3.8) is 0 Å². The third-order valence-electron chi connectivity index (χ3n) is 3.91. The molecule has 20 heavy (non-hydrogen) atoms. The average molecular weight is 301 g/mol. The molecule has 2 heterocycles. The van der Waals surface area contributed by atoms with Crippen molar-refractivity contribution in [2.75, 3.05) is 39.9 Å². The summed E-state index contributed by atoms with van der Waals surface area (Å²) < 4.78 is 7.01. The maximum atomic E-state index is 6.03. The molecule has 5 nitrogen and oxygen atoms in total. The summed E-state index contributed by atoms with van der Waals surface area (Å²) in [6.45, 7) is 5.95. The number of imidazole rings is 1. The van der Waals surface area contributed by atoms with E-state index in [0.717, 1.165) is 51.1 Å². The van der Waals surface area contributed by atoms with Gasteiger partial charge in [-0.15, -0.1) is 0 Å². The van der Waals surface area contributed by atoms with Gasteiger partial charge in [0, 0.05) is 27.2 Å². The van der Waals surface area contributed by atoms with Gasteiger partial charge in [-0.25, -0.2) is 4.98 Å². The van der Waals surface area contributed by atoms with Gasteiger partial charge in [-0.05, 0) is 31.8 Å². The van der Waals surface area contributed by atoms with Gasteiger partial charge in [0.1, 0.15) is 11.0 Å². The van der Waals surface area contributed by atoms with E-state index in [1.165, 1.54) is 12.8 Å². The van der Waals surface area contributed by atoms with Crippen molar-refractivity contribution in [2.24, 2.45) is 13.0 Å². The summed E-state index contributed by atoms with van der Waals surface area (Å²) in [7, 11) is 3.71. The Balaban J connectivity index is 1.77. The number of hydrogen-bond donors (Lipinski definition) is 1. The molecule has 0 aromatic carbocycles. The van der Waals surface area contributed by atoms with Gasteiger partial charge in [-0.1, -0.05) is 11.6 Å². The Bertz CT molecular complexity index is 410. The quantitative estimate of drug-likeness (QED) is 0.776. The minimum atomic E-state index is 0.704. The number of aromatic nitrogens is 2. The third-order valence-corrected chi connectivity index (χ3v) is 4.26. The molecule has 0 aliphatic carbocycles. The largest absolute Gasteiger partial charge is 0.383 e. The molecule has 0 amide bonds. The summed E-state index contributed by atoms with van der Waals surface area (Å²) in [5, 5.41) is 4.17. The van der Waals surface area contributed by atoms with Crippen LogP contribution in [0, 0.1) is 5.92 Å². The zero-order valence-corrected chi connectivity index (χ0v) is 13.2. The van der Waals surface area contributed by atoms with Gasteiger partial charge in [-0.2, -0.15) is 0 Å². The van der Waals surface area contributed by atoms with Crippen LogP contribution in [-0.2, 0) is 18.3 Å². The molecule has 0 saturated carbocycles. The topological polar surface area (TPSA) is 42.3 Å². The van der Waals surface area contributed by atoms with Crippen LogP contribution >= 0.6 is 11.6 Å². The van der Waals surface area contributed by atoms with Crippen LogP contribution in [0.5, 0.6) is 0 Å². The van der Waals surface area contributed by atoms with Gasteiger partial charge < -0.3 is 14.6 Å². The maximum absolute atomic E-state index is 6.03. The number of nitrogens with one attached hydrogen (secondary N) is 1. The first-order valence-corrected chi connectivity index (χ1v) is 7.66. The molecule has 1 saturated heterocycles. The Morgan fingerprint density at radius 1 is 1.55 bits per heavy atom. The van der Waals surface area contributed by atoms with Crippen LogP contribution in [-0.4, -0.2) is 54.3 Å². The smallest absolute Gasteiger partial charge is 0.128 e. The van der Waals surface area contributed by atoms with Crippen LogP contribution in [0.1, 0.15) is 18.7 Å². The predicted molar refractivity (Wildman–Crippen MR) is 81.0 cm³/mol. The van der Waals surface area contributed by atoms with E-state index < -0.39 is 0 Å². The molecule has 1 unspecified atom stereocenters. The number of methoxy groups -OCH3 is 1. The molecule has 0 radical (unpaired) electrons. The van der Waals surface area contributed by atoms with Crippen molar-refractivity contribution in [3.05, 3.63) is 17.2 Å². The molecular formula is C14H25ClN4O. The van der Waals surface area contributed by atoms with E-state index in [1.807, 2.05) is 11.6 Å². The van der Waals surface area contributed by atoms with Gasteiger partial charge in [-0.3, -0.25) is 4.90 Å². The standard InChI is InChI=1S/C14H25ClN4O/c1-18-13(15)9-17-14(18)11-19-6-3-4-12(10-19)8-16-5-7-20-2/h9,12,16H,3-8,10-11H2,1-2H3. The van der Waals surface area contributed by atoms with Crippen LogP contribution in [0.4, 0.5) is 0 Å². The molecular weight excluding hydrogens is 276 g/mol. The normalized spacial score (nSPS) is 20.4. The van der Waals surface area contributed by atoms with Gasteiger partial charge in [0.2, 0.25) is 0 Å². The first-order chi connectivity index (χ1) is 9.70. The molecule has 1 aromatic rings. The predicted octanol–water partition coefficient (Wildman–Crippen LogP) is 1.52. The molecule has 1 aliphatic heterocycles. The number of nitrogens with zero attached hydrogens (tertiary/aromatic N) is 3. The van der Waals surface area contributed by atoms with Gasteiger partial charge >= 0.3 is 0 Å². The molecule has 0 spiro atoms. The van der Waals surface area contributed by atoms with E-state index >= 15 is 0 Å². The van der Waals surface area contributed by atoms with Crippen LogP contribution in [0.3, 0.4) is 0 Å². The molecule has 1 atom stereocenters. The average Bonchev–Trinajstić information content (AvgIpc) is 2.76. The number of ether oxygens (including phenoxy) is 1. The Kier molecular flexibility index (Phi) is 6.29. The fraction of sp³-hybridized carbons (Fsp3) is 0.786. The number of piperidine rings is 1. The molecule has 1 aromatic heterocycles. The fourth-order valence-electron chi connectivity index (χ4n) is 2.71. The Morgan fingerprint density at radius 3 is 3.10 bits per heavy atom. The highest BCUT2D eigenvalue weighted by molar-refractivity contribution is 6.29. The highest BCUT2D eigenvalue weighted by Gasteiger charge is 2.20. The Morgan fingerprint density at radius 2 is 2.40 bits per heavy atom. The van der Waals surface area contributed by atoms with Crippen molar-refractivity contribution in [3.8, 4) is 0 Å². The molecule has 2 rings (SSSR count). The van der Waals surface area contributed by atoms with Crippen molar-refractivity contribution in [2.45, 2.75) is 19.4 Å². The van der Waals surface area contributed by atoms with E-state index in [4.69, 9.17) is 16.3 Å². The fourth-order valence-corrected chi connectivity index (χ4v) is 2.86. The number of likely N-dealkylation sites (tertiary alicyclic amines) is 1. The molecule has 1 fully saturated rings. The summed E-state index contributed by atoms with van der Waals surface area (Å²) in [6.07, 6.45) is 4.29. The van der Waals surface area contributed by atoms with Crippen LogP contribution < -0.4 is 5.32 Å². The zero-order valence-electron chi connectivity index (χ0n) is 12.4. The SMILES string of the molecule is COCCNCC1CCCN(Cc2ncc(Cl)n2C)C1. The number of hydrogen-bond acceptors (Lipinski definition) is 4. The summed E-state index contributed by atoms with van der Waals surface area (Å²) in [5.41, 5.74) is 0. The monoisotopic (exact) mass is 300 g/mol. The molecule has 1 N–H and O–H groups in total. The van der Waals surface area contributed by atoms with Crippen molar-refractivity contribution < 1.29 is 4.74 Å². The first-order valence-electron chi connectivity index (χ1n) is 7.28. The highest BCUT2D eigenvalue weighted by Crippen LogP contribution is 2.18. The maximum Gasteiger partial charge on any atom is 0.128 e. The van der Waals surface area contributed by atoms with E-state index in [-0.39, 0.29) is 0 Å².